The Labute approximate surface area is 117 Å². The number of aromatic nitrogens is 2. The molecule has 0 bridgehead atoms. The summed E-state index contributed by atoms with van der Waals surface area (Å²) in [4.78, 5) is 0. The highest BCUT2D eigenvalue weighted by atomic mass is 16.3. The van der Waals surface area contributed by atoms with Gasteiger partial charge in [-0.2, -0.15) is 5.10 Å². The van der Waals surface area contributed by atoms with Gasteiger partial charge in [-0.15, -0.1) is 0 Å². The number of hydrogen-bond donors (Lipinski definition) is 2. The molecule has 2 atom stereocenters. The topological polar surface area (TPSA) is 50.1 Å². The van der Waals surface area contributed by atoms with Crippen molar-refractivity contribution >= 4 is 0 Å². The van der Waals surface area contributed by atoms with Crippen molar-refractivity contribution in [2.45, 2.75) is 66.0 Å². The normalized spacial score (nSPS) is 16.4. The van der Waals surface area contributed by atoms with Crippen LogP contribution in [0.1, 0.15) is 57.1 Å². The molecule has 0 saturated carbocycles. The van der Waals surface area contributed by atoms with Gasteiger partial charge in [0.25, 0.3) is 0 Å². The summed E-state index contributed by atoms with van der Waals surface area (Å²) in [5, 5.41) is 17.6. The van der Waals surface area contributed by atoms with E-state index in [0.29, 0.717) is 0 Å². The van der Waals surface area contributed by atoms with E-state index in [-0.39, 0.29) is 18.2 Å². The van der Waals surface area contributed by atoms with Crippen LogP contribution in [0.5, 0.6) is 0 Å². The molecular weight excluding hydrogens is 238 g/mol. The Hall–Kier alpha value is -0.870. The summed E-state index contributed by atoms with van der Waals surface area (Å²) in [7, 11) is 0. The van der Waals surface area contributed by atoms with Gasteiger partial charge in [-0.1, -0.05) is 13.8 Å². The van der Waals surface area contributed by atoms with Gasteiger partial charge in [-0.3, -0.25) is 4.68 Å². The zero-order valence-corrected chi connectivity index (χ0v) is 13.2. The number of rotatable bonds is 7. The van der Waals surface area contributed by atoms with E-state index >= 15 is 0 Å². The zero-order valence-electron chi connectivity index (χ0n) is 13.2. The number of nitrogens with one attached hydrogen (secondary N) is 1. The molecule has 2 unspecified atom stereocenters. The highest BCUT2D eigenvalue weighted by molar-refractivity contribution is 5.24. The molecule has 0 aliphatic heterocycles. The summed E-state index contributed by atoms with van der Waals surface area (Å²) >= 11 is 0. The van der Waals surface area contributed by atoms with Crippen molar-refractivity contribution in [1.29, 1.82) is 0 Å². The first-order chi connectivity index (χ1) is 8.88. The van der Waals surface area contributed by atoms with Gasteiger partial charge in [-0.05, 0) is 52.6 Å². The molecule has 19 heavy (non-hydrogen) atoms. The molecule has 1 heterocycles. The van der Waals surface area contributed by atoms with Gasteiger partial charge in [0, 0.05) is 11.2 Å². The quantitative estimate of drug-likeness (QED) is 0.797. The van der Waals surface area contributed by atoms with Crippen molar-refractivity contribution in [2.75, 3.05) is 13.2 Å². The molecule has 1 aromatic rings. The molecule has 0 fully saturated rings. The van der Waals surface area contributed by atoms with Gasteiger partial charge in [0.1, 0.15) is 0 Å². The van der Waals surface area contributed by atoms with Gasteiger partial charge in [0.05, 0.1) is 18.3 Å². The van der Waals surface area contributed by atoms with Gasteiger partial charge in [-0.25, -0.2) is 0 Å². The van der Waals surface area contributed by atoms with E-state index in [1.807, 2.05) is 0 Å². The second-order valence-corrected chi connectivity index (χ2v) is 5.75. The number of aryl methyl sites for hydroxylation is 1. The summed E-state index contributed by atoms with van der Waals surface area (Å²) in [5.41, 5.74) is 3.48. The molecule has 0 amide bonds. The molecule has 110 valence electrons. The van der Waals surface area contributed by atoms with Crippen LogP contribution in [-0.4, -0.2) is 33.6 Å². The third-order valence-corrected chi connectivity index (χ3v) is 3.94. The first-order valence-electron chi connectivity index (χ1n) is 7.29. The average Bonchev–Trinajstić information content (AvgIpc) is 2.64. The van der Waals surface area contributed by atoms with Gasteiger partial charge in [0.15, 0.2) is 0 Å². The third-order valence-electron chi connectivity index (χ3n) is 3.94. The van der Waals surface area contributed by atoms with Gasteiger partial charge >= 0.3 is 0 Å². The van der Waals surface area contributed by atoms with Crippen LogP contribution in [0.15, 0.2) is 0 Å². The average molecular weight is 267 g/mol. The fourth-order valence-corrected chi connectivity index (χ4v) is 3.00. The maximum Gasteiger partial charge on any atom is 0.0628 e. The first-order valence-corrected chi connectivity index (χ1v) is 7.29. The number of hydrogen-bond acceptors (Lipinski definition) is 3. The van der Waals surface area contributed by atoms with Crippen LogP contribution in [0.4, 0.5) is 0 Å². The maximum atomic E-state index is 9.60. The number of aliphatic hydroxyl groups excluding tert-OH is 1. The number of aliphatic hydroxyl groups is 1. The predicted molar refractivity (Wildman–Crippen MR) is 79.6 cm³/mol. The molecule has 4 nitrogen and oxygen atoms in total. The van der Waals surface area contributed by atoms with Crippen LogP contribution in [-0.2, 0) is 6.42 Å². The first kappa shape index (κ1) is 16.2. The van der Waals surface area contributed by atoms with Gasteiger partial charge in [0.2, 0.25) is 0 Å². The minimum Gasteiger partial charge on any atom is -0.394 e. The molecule has 2 N–H and O–H groups in total. The monoisotopic (exact) mass is 267 g/mol. The fraction of sp³-hybridized carbons (Fsp3) is 0.800. The Bertz CT molecular complexity index is 414. The van der Waals surface area contributed by atoms with Crippen molar-refractivity contribution in [1.82, 2.24) is 15.1 Å². The molecule has 0 radical (unpaired) electrons. The van der Waals surface area contributed by atoms with Crippen molar-refractivity contribution in [3.05, 3.63) is 17.0 Å². The van der Waals surface area contributed by atoms with E-state index < -0.39 is 0 Å². The van der Waals surface area contributed by atoms with Crippen molar-refractivity contribution in [2.24, 2.45) is 0 Å². The van der Waals surface area contributed by atoms with E-state index in [1.54, 1.807) is 0 Å². The molecule has 4 heteroatoms. The molecule has 0 aliphatic rings. The maximum absolute atomic E-state index is 9.60. The SMILES string of the molecule is CCNC(C)(CO)CC(C)n1nc(C)c(CC)c1C. The lowest BCUT2D eigenvalue weighted by molar-refractivity contribution is 0.150. The van der Waals surface area contributed by atoms with Gasteiger partial charge < -0.3 is 10.4 Å². The summed E-state index contributed by atoms with van der Waals surface area (Å²) in [6.45, 7) is 13.7. The summed E-state index contributed by atoms with van der Waals surface area (Å²) in [5.74, 6) is 0. The van der Waals surface area contributed by atoms with Crippen LogP contribution >= 0.6 is 0 Å². The number of likely N-dealkylation sites (N-methyl/N-ethyl adjacent to an activating group) is 1. The molecular formula is C15H29N3O. The lowest BCUT2D eigenvalue weighted by Crippen LogP contribution is -2.47. The minimum atomic E-state index is -0.243. The molecule has 0 aliphatic carbocycles. The van der Waals surface area contributed by atoms with E-state index in [2.05, 4.69) is 56.6 Å². The minimum absolute atomic E-state index is 0.144. The largest absolute Gasteiger partial charge is 0.394 e. The lowest BCUT2D eigenvalue weighted by atomic mass is 9.94. The molecule has 0 spiro atoms. The standard InChI is InChI=1S/C15H29N3O/c1-7-14-12(4)17-18(13(14)5)11(3)9-15(6,10-19)16-8-2/h11,16,19H,7-10H2,1-6H3. The van der Waals surface area contributed by atoms with Crippen LogP contribution in [0.3, 0.4) is 0 Å². The number of nitrogens with zero attached hydrogens (tertiary/aromatic N) is 2. The van der Waals surface area contributed by atoms with Crippen molar-refractivity contribution in [3.63, 3.8) is 0 Å². The Morgan fingerprint density at radius 2 is 2.00 bits per heavy atom. The molecule has 1 aromatic heterocycles. The Morgan fingerprint density at radius 1 is 1.37 bits per heavy atom. The zero-order chi connectivity index (χ0) is 14.6. The molecule has 0 saturated heterocycles. The van der Waals surface area contributed by atoms with Crippen LogP contribution in [0.2, 0.25) is 0 Å². The molecule has 1 rings (SSSR count). The summed E-state index contributed by atoms with van der Waals surface area (Å²) < 4.78 is 2.11. The Morgan fingerprint density at radius 3 is 2.42 bits per heavy atom. The Balaban J connectivity index is 2.92. The van der Waals surface area contributed by atoms with Crippen molar-refractivity contribution in [3.8, 4) is 0 Å². The lowest BCUT2D eigenvalue weighted by Gasteiger charge is -2.31. The van der Waals surface area contributed by atoms with Crippen LogP contribution in [0.25, 0.3) is 0 Å². The van der Waals surface area contributed by atoms with Crippen molar-refractivity contribution < 1.29 is 5.11 Å². The Kier molecular flexibility index (Phi) is 5.56. The highest BCUT2D eigenvalue weighted by Gasteiger charge is 2.26. The second-order valence-electron chi connectivity index (χ2n) is 5.75. The van der Waals surface area contributed by atoms with E-state index in [9.17, 15) is 5.11 Å². The van der Waals surface area contributed by atoms with Crippen LogP contribution in [0, 0.1) is 13.8 Å². The van der Waals surface area contributed by atoms with E-state index in [1.165, 1.54) is 11.3 Å². The molecule has 0 aromatic carbocycles. The van der Waals surface area contributed by atoms with E-state index in [4.69, 9.17) is 0 Å². The summed E-state index contributed by atoms with van der Waals surface area (Å²) in [6, 6.07) is 0.273. The van der Waals surface area contributed by atoms with E-state index in [0.717, 1.165) is 25.1 Å². The summed E-state index contributed by atoms with van der Waals surface area (Å²) in [6.07, 6.45) is 1.89. The second kappa shape index (κ2) is 6.53. The smallest absolute Gasteiger partial charge is 0.0628 e. The fourth-order valence-electron chi connectivity index (χ4n) is 3.00. The highest BCUT2D eigenvalue weighted by Crippen LogP contribution is 2.24. The van der Waals surface area contributed by atoms with Crippen LogP contribution < -0.4 is 5.32 Å². The third kappa shape index (κ3) is 3.57. The predicted octanol–water partition coefficient (Wildman–Crippen LogP) is 2.37.